The lowest BCUT2D eigenvalue weighted by Gasteiger charge is -2.31. The molecule has 0 aliphatic carbocycles. The lowest BCUT2D eigenvalue weighted by Crippen LogP contribution is -2.41. The average molecular weight is 310 g/mol. The largest absolute Gasteiger partial charge is 0.318 e. The number of sulfone groups is 1. The van der Waals surface area contributed by atoms with Crippen molar-refractivity contribution >= 4 is 15.7 Å². The molecule has 0 spiro atoms. The Bertz CT molecular complexity index is 655. The number of carbonyl (C=O) groups is 1. The Balaban J connectivity index is 2.32. The molecule has 1 heterocycles. The van der Waals surface area contributed by atoms with Crippen LogP contribution in [0.2, 0.25) is 0 Å². The van der Waals surface area contributed by atoms with Crippen LogP contribution < -0.4 is 5.32 Å². The number of hydrogen-bond donors (Lipinski definition) is 1. The van der Waals surface area contributed by atoms with Gasteiger partial charge in [-0.2, -0.15) is 0 Å². The first kappa shape index (κ1) is 16.0. The number of nitrogens with one attached hydrogen (secondary N) is 1. The summed E-state index contributed by atoms with van der Waals surface area (Å²) >= 11 is 0. The third-order valence-electron chi connectivity index (χ3n) is 3.75. The van der Waals surface area contributed by atoms with Gasteiger partial charge in [-0.1, -0.05) is 23.8 Å². The summed E-state index contributed by atoms with van der Waals surface area (Å²) in [6.07, 6.45) is 0.943. The van der Waals surface area contributed by atoms with E-state index in [1.54, 1.807) is 11.8 Å². The SMILES string of the molecule is Cc1ccc(C2NCC(=O)N2C(C)CS(C)(=O)=O)c(C)c1. The van der Waals surface area contributed by atoms with Gasteiger partial charge in [0.1, 0.15) is 16.0 Å². The van der Waals surface area contributed by atoms with Crippen LogP contribution in [0, 0.1) is 13.8 Å². The third-order valence-corrected chi connectivity index (χ3v) is 4.84. The number of aryl methyl sites for hydroxylation is 2. The fourth-order valence-electron chi connectivity index (χ4n) is 2.93. The monoisotopic (exact) mass is 310 g/mol. The van der Waals surface area contributed by atoms with E-state index >= 15 is 0 Å². The smallest absolute Gasteiger partial charge is 0.238 e. The van der Waals surface area contributed by atoms with Crippen LogP contribution in [0.25, 0.3) is 0 Å². The summed E-state index contributed by atoms with van der Waals surface area (Å²) < 4.78 is 23.0. The Morgan fingerprint density at radius 1 is 1.38 bits per heavy atom. The minimum atomic E-state index is -3.13. The van der Waals surface area contributed by atoms with Crippen LogP contribution in [0.15, 0.2) is 18.2 Å². The van der Waals surface area contributed by atoms with Crippen LogP contribution in [0.5, 0.6) is 0 Å². The molecule has 1 fully saturated rings. The van der Waals surface area contributed by atoms with Crippen molar-refractivity contribution in [1.29, 1.82) is 0 Å². The lowest BCUT2D eigenvalue weighted by atomic mass is 10.0. The zero-order chi connectivity index (χ0) is 15.8. The number of nitrogens with zero attached hydrogens (tertiary/aromatic N) is 1. The van der Waals surface area contributed by atoms with Crippen molar-refractivity contribution in [2.75, 3.05) is 18.6 Å². The van der Waals surface area contributed by atoms with E-state index in [1.165, 1.54) is 6.26 Å². The summed E-state index contributed by atoms with van der Waals surface area (Å²) in [5.41, 5.74) is 3.28. The van der Waals surface area contributed by atoms with Gasteiger partial charge in [-0.05, 0) is 31.9 Å². The summed E-state index contributed by atoms with van der Waals surface area (Å²) in [7, 11) is -3.13. The summed E-state index contributed by atoms with van der Waals surface area (Å²) in [4.78, 5) is 13.8. The third kappa shape index (κ3) is 3.63. The predicted octanol–water partition coefficient (Wildman–Crippen LogP) is 1.17. The van der Waals surface area contributed by atoms with E-state index in [4.69, 9.17) is 0 Å². The van der Waals surface area contributed by atoms with Gasteiger partial charge in [-0.25, -0.2) is 8.42 Å². The van der Waals surface area contributed by atoms with Crippen molar-refractivity contribution in [1.82, 2.24) is 10.2 Å². The molecular formula is C15H22N2O3S. The van der Waals surface area contributed by atoms with E-state index in [1.807, 2.05) is 26.0 Å². The molecule has 0 saturated carbocycles. The zero-order valence-corrected chi connectivity index (χ0v) is 13.7. The molecule has 21 heavy (non-hydrogen) atoms. The van der Waals surface area contributed by atoms with Crippen molar-refractivity contribution in [3.63, 3.8) is 0 Å². The molecule has 2 unspecified atom stereocenters. The van der Waals surface area contributed by atoms with Gasteiger partial charge in [0.05, 0.1) is 12.3 Å². The van der Waals surface area contributed by atoms with Crippen LogP contribution in [0.4, 0.5) is 0 Å². The molecule has 1 aliphatic rings. The maximum absolute atomic E-state index is 12.1. The zero-order valence-electron chi connectivity index (χ0n) is 12.9. The molecule has 1 aliphatic heterocycles. The van der Waals surface area contributed by atoms with E-state index in [0.29, 0.717) is 0 Å². The first-order valence-corrected chi connectivity index (χ1v) is 9.04. The average Bonchev–Trinajstić information content (AvgIpc) is 2.68. The van der Waals surface area contributed by atoms with Gasteiger partial charge in [0.15, 0.2) is 0 Å². The molecule has 0 radical (unpaired) electrons. The second-order valence-corrected chi connectivity index (χ2v) is 8.07. The highest BCUT2D eigenvalue weighted by molar-refractivity contribution is 7.90. The topological polar surface area (TPSA) is 66.5 Å². The van der Waals surface area contributed by atoms with E-state index in [-0.39, 0.29) is 30.4 Å². The number of hydrogen-bond acceptors (Lipinski definition) is 4. The van der Waals surface area contributed by atoms with Gasteiger partial charge in [0.25, 0.3) is 0 Å². The number of rotatable bonds is 4. The minimum Gasteiger partial charge on any atom is -0.318 e. The highest BCUT2D eigenvalue weighted by Crippen LogP contribution is 2.28. The molecule has 5 nitrogen and oxygen atoms in total. The van der Waals surface area contributed by atoms with Crippen LogP contribution >= 0.6 is 0 Å². The van der Waals surface area contributed by atoms with Crippen LogP contribution in [-0.4, -0.2) is 43.8 Å². The van der Waals surface area contributed by atoms with Gasteiger partial charge in [0.2, 0.25) is 5.91 Å². The first-order chi connectivity index (χ1) is 9.69. The quantitative estimate of drug-likeness (QED) is 0.906. The maximum atomic E-state index is 12.1. The molecule has 0 aromatic heterocycles. The first-order valence-electron chi connectivity index (χ1n) is 6.98. The molecule has 116 valence electrons. The second kappa shape index (κ2) is 5.77. The molecule has 0 bridgehead atoms. The van der Waals surface area contributed by atoms with E-state index in [0.717, 1.165) is 16.7 Å². The molecule has 6 heteroatoms. The minimum absolute atomic E-state index is 0.0260. The molecular weight excluding hydrogens is 288 g/mol. The van der Waals surface area contributed by atoms with Gasteiger partial charge >= 0.3 is 0 Å². The van der Waals surface area contributed by atoms with Gasteiger partial charge in [-0.3, -0.25) is 10.1 Å². The lowest BCUT2D eigenvalue weighted by molar-refractivity contribution is -0.129. The van der Waals surface area contributed by atoms with Crippen molar-refractivity contribution in [3.8, 4) is 0 Å². The normalized spacial score (nSPS) is 20.9. The maximum Gasteiger partial charge on any atom is 0.238 e. The molecule has 1 saturated heterocycles. The fraction of sp³-hybridized carbons (Fsp3) is 0.533. The Labute approximate surface area is 126 Å². The molecule has 1 amide bonds. The van der Waals surface area contributed by atoms with Crippen LogP contribution in [0.3, 0.4) is 0 Å². The van der Waals surface area contributed by atoms with Crippen molar-refractivity contribution in [2.24, 2.45) is 0 Å². The highest BCUT2D eigenvalue weighted by Gasteiger charge is 2.36. The van der Waals surface area contributed by atoms with E-state index in [9.17, 15) is 13.2 Å². The predicted molar refractivity (Wildman–Crippen MR) is 82.7 cm³/mol. The van der Waals surface area contributed by atoms with E-state index in [2.05, 4.69) is 11.4 Å². The van der Waals surface area contributed by atoms with Gasteiger partial charge in [0, 0.05) is 12.3 Å². The summed E-state index contributed by atoms with van der Waals surface area (Å²) in [6, 6.07) is 5.72. The Hall–Kier alpha value is -1.40. The van der Waals surface area contributed by atoms with E-state index < -0.39 is 9.84 Å². The van der Waals surface area contributed by atoms with Gasteiger partial charge < -0.3 is 4.90 Å². The van der Waals surface area contributed by atoms with Crippen molar-refractivity contribution in [3.05, 3.63) is 34.9 Å². The number of benzene rings is 1. The number of amides is 1. The standard InChI is InChI=1S/C15H22N2O3S/c1-10-5-6-13(11(2)7-10)15-16-8-14(18)17(15)12(3)9-21(4,19)20/h5-7,12,15-16H,8-9H2,1-4H3. The fourth-order valence-corrected chi connectivity index (χ4v) is 3.97. The number of carbonyl (C=O) groups excluding carboxylic acids is 1. The molecule has 1 aromatic carbocycles. The summed E-state index contributed by atoms with van der Waals surface area (Å²) in [6.45, 7) is 6.05. The van der Waals surface area contributed by atoms with Crippen molar-refractivity contribution < 1.29 is 13.2 Å². The van der Waals surface area contributed by atoms with Crippen LogP contribution in [0.1, 0.15) is 29.8 Å². The molecule has 1 aromatic rings. The van der Waals surface area contributed by atoms with Crippen LogP contribution in [-0.2, 0) is 14.6 Å². The molecule has 1 N–H and O–H groups in total. The molecule has 2 atom stereocenters. The van der Waals surface area contributed by atoms with Crippen molar-refractivity contribution in [2.45, 2.75) is 33.0 Å². The Morgan fingerprint density at radius 2 is 2.05 bits per heavy atom. The second-order valence-electron chi connectivity index (χ2n) is 5.89. The Morgan fingerprint density at radius 3 is 2.62 bits per heavy atom. The summed E-state index contributed by atoms with van der Waals surface area (Å²) in [5.74, 6) is -0.0851. The molecule has 2 rings (SSSR count). The Kier molecular flexibility index (Phi) is 4.39. The van der Waals surface area contributed by atoms with Gasteiger partial charge in [-0.15, -0.1) is 0 Å². The highest BCUT2D eigenvalue weighted by atomic mass is 32.2. The summed E-state index contributed by atoms with van der Waals surface area (Å²) in [5, 5.41) is 3.18.